The third-order valence-corrected chi connectivity index (χ3v) is 6.07. The lowest BCUT2D eigenvalue weighted by atomic mass is 9.96. The van der Waals surface area contributed by atoms with Crippen molar-refractivity contribution in [2.45, 2.75) is 38.8 Å². The van der Waals surface area contributed by atoms with E-state index in [0.717, 1.165) is 11.8 Å². The molecule has 7 nitrogen and oxygen atoms in total. The molecule has 2 N–H and O–H groups in total. The first kappa shape index (κ1) is 28.9. The fraction of sp³-hybridized carbons (Fsp3) is 0.308. The van der Waals surface area contributed by atoms with E-state index in [1.165, 1.54) is 36.4 Å². The Morgan fingerprint density at radius 1 is 0.974 bits per heavy atom. The smallest absolute Gasteiger partial charge is 0.389 e. The van der Waals surface area contributed by atoms with Crippen LogP contribution in [0.3, 0.4) is 0 Å². The van der Waals surface area contributed by atoms with Gasteiger partial charge in [0.05, 0.1) is 18.6 Å². The molecule has 3 rings (SSSR count). The third kappa shape index (κ3) is 7.91. The molecule has 3 aromatic rings. The zero-order chi connectivity index (χ0) is 28.1. The van der Waals surface area contributed by atoms with Crippen molar-refractivity contribution < 1.29 is 35.5 Å². The fourth-order valence-electron chi connectivity index (χ4n) is 3.72. The average molecular weight is 555 g/mol. The fourth-order valence-corrected chi connectivity index (χ4v) is 4.16. The predicted octanol–water partition coefficient (Wildman–Crippen LogP) is 5.35. The zero-order valence-electron chi connectivity index (χ0n) is 20.6. The lowest BCUT2D eigenvalue weighted by molar-refractivity contribution is -0.135. The number of hydrogen-bond donors (Lipinski definition) is 2. The number of alkyl halides is 3. The van der Waals surface area contributed by atoms with Gasteiger partial charge in [-0.15, -0.1) is 0 Å². The Balaban J connectivity index is 1.89. The summed E-state index contributed by atoms with van der Waals surface area (Å²) in [5.41, 5.74) is -0.963. The summed E-state index contributed by atoms with van der Waals surface area (Å²) in [5, 5.41) is 0. The number of aryl methyl sites for hydroxylation is 1. The van der Waals surface area contributed by atoms with Crippen LogP contribution >= 0.6 is 0 Å². The van der Waals surface area contributed by atoms with E-state index in [0.29, 0.717) is 18.6 Å². The standard InChI is InChI=1S/C26H26F4N2O5S/c1-16-6-8-17(9-7-16)20-21(25(34)32-38(2,35)36)24(33)31-23(22(20)27)18-10-12-19(13-11-18)37-15-5-3-4-14-26(28,29)30/h6-13H,3-5,14-15H2,1-2H3,(H,31,33)(H,32,34). The van der Waals surface area contributed by atoms with Crippen LogP contribution in [0.4, 0.5) is 17.6 Å². The molecular formula is C26H26F4N2O5S. The Bertz CT molecular complexity index is 1450. The minimum atomic E-state index is -4.18. The summed E-state index contributed by atoms with van der Waals surface area (Å²) in [6, 6.07) is 12.3. The van der Waals surface area contributed by atoms with Crippen molar-refractivity contribution in [3.63, 3.8) is 0 Å². The molecule has 0 aliphatic heterocycles. The SMILES string of the molecule is Cc1ccc(-c2c(F)c(-c3ccc(OCCCCCC(F)(F)F)cc3)[nH]c(=O)c2C(=O)NS(C)(=O)=O)cc1. The molecule has 2 aromatic carbocycles. The number of carbonyl (C=O) groups is 1. The highest BCUT2D eigenvalue weighted by Gasteiger charge is 2.27. The summed E-state index contributed by atoms with van der Waals surface area (Å²) < 4.78 is 82.9. The van der Waals surface area contributed by atoms with E-state index in [4.69, 9.17) is 4.74 Å². The lowest BCUT2D eigenvalue weighted by Crippen LogP contribution is -2.34. The van der Waals surface area contributed by atoms with Crippen LogP contribution in [0.25, 0.3) is 22.4 Å². The van der Waals surface area contributed by atoms with Gasteiger partial charge in [0.15, 0.2) is 5.82 Å². The maximum Gasteiger partial charge on any atom is 0.389 e. The lowest BCUT2D eigenvalue weighted by Gasteiger charge is -2.14. The van der Waals surface area contributed by atoms with E-state index in [9.17, 15) is 31.2 Å². The third-order valence-electron chi connectivity index (χ3n) is 5.52. The van der Waals surface area contributed by atoms with Crippen molar-refractivity contribution in [1.29, 1.82) is 0 Å². The monoisotopic (exact) mass is 554 g/mol. The summed E-state index contributed by atoms with van der Waals surface area (Å²) >= 11 is 0. The number of sulfonamides is 1. The average Bonchev–Trinajstić information content (AvgIpc) is 2.81. The van der Waals surface area contributed by atoms with Crippen LogP contribution in [-0.4, -0.2) is 38.3 Å². The number of hydrogen-bond acceptors (Lipinski definition) is 5. The van der Waals surface area contributed by atoms with Gasteiger partial charge >= 0.3 is 6.18 Å². The number of halogens is 4. The van der Waals surface area contributed by atoms with Gasteiger partial charge in [-0.1, -0.05) is 29.8 Å². The molecule has 0 unspecified atom stereocenters. The van der Waals surface area contributed by atoms with E-state index in [1.807, 2.05) is 0 Å². The molecule has 1 aromatic heterocycles. The van der Waals surface area contributed by atoms with Crippen LogP contribution in [-0.2, 0) is 10.0 Å². The second-order valence-electron chi connectivity index (χ2n) is 8.76. The van der Waals surface area contributed by atoms with Crippen molar-refractivity contribution in [2.24, 2.45) is 0 Å². The van der Waals surface area contributed by atoms with Gasteiger partial charge in [0.1, 0.15) is 11.3 Å². The van der Waals surface area contributed by atoms with Crippen LogP contribution in [0.15, 0.2) is 53.3 Å². The van der Waals surface area contributed by atoms with Crippen LogP contribution in [0.5, 0.6) is 5.75 Å². The number of benzene rings is 2. The molecule has 0 radical (unpaired) electrons. The normalized spacial score (nSPS) is 11.8. The molecule has 0 atom stereocenters. The van der Waals surface area contributed by atoms with Crippen LogP contribution < -0.4 is 15.0 Å². The topological polar surface area (TPSA) is 105 Å². The number of pyridine rings is 1. The predicted molar refractivity (Wildman–Crippen MR) is 135 cm³/mol. The van der Waals surface area contributed by atoms with E-state index in [1.54, 1.807) is 23.8 Å². The van der Waals surface area contributed by atoms with Crippen molar-refractivity contribution in [3.8, 4) is 28.1 Å². The highest BCUT2D eigenvalue weighted by Crippen LogP contribution is 2.32. The zero-order valence-corrected chi connectivity index (χ0v) is 21.4. The molecular weight excluding hydrogens is 528 g/mol. The highest BCUT2D eigenvalue weighted by molar-refractivity contribution is 7.89. The number of ether oxygens (including phenoxy) is 1. The van der Waals surface area contributed by atoms with Crippen LogP contribution in [0.1, 0.15) is 41.6 Å². The number of rotatable bonds is 10. The number of amides is 1. The molecule has 1 heterocycles. The summed E-state index contributed by atoms with van der Waals surface area (Å²) in [4.78, 5) is 27.9. The van der Waals surface area contributed by atoms with Crippen LogP contribution in [0, 0.1) is 12.7 Å². The summed E-state index contributed by atoms with van der Waals surface area (Å²) in [6.07, 6.45) is -3.49. The molecule has 0 spiro atoms. The number of H-pyrrole nitrogens is 1. The molecule has 0 saturated carbocycles. The first-order chi connectivity index (χ1) is 17.7. The molecule has 12 heteroatoms. The van der Waals surface area contributed by atoms with Crippen LogP contribution in [0.2, 0.25) is 0 Å². The second-order valence-corrected chi connectivity index (χ2v) is 10.5. The Morgan fingerprint density at radius 3 is 2.16 bits per heavy atom. The number of carbonyl (C=O) groups excluding carboxylic acids is 1. The minimum absolute atomic E-state index is 0.0138. The number of aromatic nitrogens is 1. The van der Waals surface area contributed by atoms with Crippen molar-refractivity contribution in [2.75, 3.05) is 12.9 Å². The maximum absolute atomic E-state index is 15.9. The Kier molecular flexibility index (Phi) is 8.97. The molecule has 38 heavy (non-hydrogen) atoms. The van der Waals surface area contributed by atoms with Gasteiger partial charge in [-0.2, -0.15) is 13.2 Å². The molecule has 0 fully saturated rings. The van der Waals surface area contributed by atoms with Gasteiger partial charge in [0.2, 0.25) is 10.0 Å². The van der Waals surface area contributed by atoms with Gasteiger partial charge in [-0.05, 0) is 56.0 Å². The van der Waals surface area contributed by atoms with Gasteiger partial charge in [0, 0.05) is 17.5 Å². The molecule has 0 bridgehead atoms. The van der Waals surface area contributed by atoms with Gasteiger partial charge in [-0.25, -0.2) is 17.5 Å². The number of aromatic amines is 1. The van der Waals surface area contributed by atoms with Gasteiger partial charge < -0.3 is 9.72 Å². The highest BCUT2D eigenvalue weighted by atomic mass is 32.2. The molecule has 204 valence electrons. The number of nitrogens with one attached hydrogen (secondary N) is 2. The van der Waals surface area contributed by atoms with Gasteiger partial charge in [-0.3, -0.25) is 9.59 Å². The Morgan fingerprint density at radius 2 is 1.58 bits per heavy atom. The van der Waals surface area contributed by atoms with E-state index in [-0.39, 0.29) is 35.4 Å². The summed E-state index contributed by atoms with van der Waals surface area (Å²) in [7, 11) is -4.03. The Hall–Kier alpha value is -3.67. The van der Waals surface area contributed by atoms with E-state index in [2.05, 4.69) is 4.98 Å². The molecule has 0 saturated heterocycles. The largest absolute Gasteiger partial charge is 0.494 e. The van der Waals surface area contributed by atoms with Crippen molar-refractivity contribution >= 4 is 15.9 Å². The molecule has 0 aliphatic carbocycles. The van der Waals surface area contributed by atoms with Gasteiger partial charge in [0.25, 0.3) is 11.5 Å². The number of unbranched alkanes of at least 4 members (excludes halogenated alkanes) is 2. The minimum Gasteiger partial charge on any atom is -0.494 e. The molecule has 1 amide bonds. The van der Waals surface area contributed by atoms with Crippen molar-refractivity contribution in [1.82, 2.24) is 9.71 Å². The first-order valence-corrected chi connectivity index (χ1v) is 13.5. The maximum atomic E-state index is 15.9. The first-order valence-electron chi connectivity index (χ1n) is 11.6. The summed E-state index contributed by atoms with van der Waals surface area (Å²) in [5.74, 6) is -1.81. The second kappa shape index (κ2) is 11.8. The van der Waals surface area contributed by atoms with E-state index >= 15 is 4.39 Å². The molecule has 0 aliphatic rings. The quantitative estimate of drug-likeness (QED) is 0.260. The van der Waals surface area contributed by atoms with E-state index < -0.39 is 45.5 Å². The Labute approximate surface area is 216 Å². The summed E-state index contributed by atoms with van der Waals surface area (Å²) in [6.45, 7) is 2.00. The van der Waals surface area contributed by atoms with Crippen molar-refractivity contribution in [3.05, 3.63) is 75.8 Å².